The first-order valence-corrected chi connectivity index (χ1v) is 15.4. The van der Waals surface area contributed by atoms with E-state index in [1.807, 2.05) is 45.2 Å². The fourth-order valence-electron chi connectivity index (χ4n) is 5.46. The molecule has 17 heteroatoms. The summed E-state index contributed by atoms with van der Waals surface area (Å²) in [6, 6.07) is 3.47. The van der Waals surface area contributed by atoms with Gasteiger partial charge in [0.2, 0.25) is 17.4 Å². The lowest BCUT2D eigenvalue weighted by Crippen LogP contribution is -2.44. The molecular formula is C22H11F4I3O9S. The summed E-state index contributed by atoms with van der Waals surface area (Å²) in [4.78, 5) is 36.4. The summed E-state index contributed by atoms with van der Waals surface area (Å²) in [5.74, 6) is -18.9. The summed E-state index contributed by atoms with van der Waals surface area (Å²) in [5.41, 5.74) is 0.244. The maximum Gasteiger partial charge on any atom is 0.340 e. The number of fused-ring (bicyclic) bond motifs is 1. The molecule has 6 atom stereocenters. The van der Waals surface area contributed by atoms with Crippen molar-refractivity contribution in [1.82, 2.24) is 0 Å². The number of hydrogen-bond acceptors (Lipinski definition) is 8. The van der Waals surface area contributed by atoms with E-state index in [-0.39, 0.29) is 12.0 Å². The van der Waals surface area contributed by atoms with E-state index in [4.69, 9.17) is 14.0 Å². The average Bonchev–Trinajstić information content (AvgIpc) is 3.43. The van der Waals surface area contributed by atoms with Gasteiger partial charge in [0.25, 0.3) is 0 Å². The Hall–Kier alpha value is -1.33. The fourth-order valence-corrected chi connectivity index (χ4v) is 10.1. The van der Waals surface area contributed by atoms with E-state index in [0.717, 1.165) is 3.57 Å². The molecule has 1 heterocycles. The highest BCUT2D eigenvalue weighted by Gasteiger charge is 2.70. The predicted octanol–water partition coefficient (Wildman–Crippen LogP) is 4.24. The van der Waals surface area contributed by atoms with Crippen LogP contribution in [0.3, 0.4) is 0 Å². The molecule has 2 bridgehead atoms. The van der Waals surface area contributed by atoms with Crippen molar-refractivity contribution in [3.05, 3.63) is 51.7 Å². The number of rotatable bonds is 5. The number of benzene rings is 2. The van der Waals surface area contributed by atoms with E-state index in [9.17, 15) is 40.4 Å². The first kappa shape index (κ1) is 29.2. The summed E-state index contributed by atoms with van der Waals surface area (Å²) in [6.45, 7) is 0. The van der Waals surface area contributed by atoms with Gasteiger partial charge in [-0.15, -0.1) is 0 Å². The first-order valence-electron chi connectivity index (χ1n) is 10.7. The zero-order valence-corrected chi connectivity index (χ0v) is 25.9. The van der Waals surface area contributed by atoms with E-state index >= 15 is 0 Å². The van der Waals surface area contributed by atoms with Crippen LogP contribution in [0.4, 0.5) is 17.6 Å². The molecule has 9 nitrogen and oxygen atoms in total. The molecule has 39 heavy (non-hydrogen) atoms. The summed E-state index contributed by atoms with van der Waals surface area (Å²) >= 11 is 5.98. The van der Waals surface area contributed by atoms with Gasteiger partial charge in [0.15, 0.2) is 16.5 Å². The zero-order chi connectivity index (χ0) is 28.7. The maximum atomic E-state index is 14.5. The number of carbonyl (C=O) groups excluding carboxylic acids is 3. The van der Waals surface area contributed by atoms with Crippen LogP contribution in [-0.2, 0) is 29.2 Å². The van der Waals surface area contributed by atoms with Crippen LogP contribution < -0.4 is 4.74 Å². The molecule has 2 aromatic carbocycles. The molecule has 0 amide bonds. The Morgan fingerprint density at radius 2 is 1.54 bits per heavy atom. The minimum absolute atomic E-state index is 0.148. The number of carbonyl (C=O) groups is 3. The highest BCUT2D eigenvalue weighted by molar-refractivity contribution is 14.1. The molecule has 0 aromatic heterocycles. The second-order valence-electron chi connectivity index (χ2n) is 8.94. The largest absolute Gasteiger partial charge is 0.458 e. The van der Waals surface area contributed by atoms with Gasteiger partial charge in [-0.25, -0.2) is 13.6 Å². The quantitative estimate of drug-likeness (QED) is 0.117. The van der Waals surface area contributed by atoms with Gasteiger partial charge < -0.3 is 14.2 Å². The minimum atomic E-state index is -5.72. The summed E-state index contributed by atoms with van der Waals surface area (Å²) in [7, 11) is -5.72. The molecule has 2 aliphatic carbocycles. The van der Waals surface area contributed by atoms with Gasteiger partial charge in [-0.05, 0) is 86.3 Å². The molecule has 1 aliphatic heterocycles. The predicted molar refractivity (Wildman–Crippen MR) is 144 cm³/mol. The number of ether oxygens (including phenoxy) is 3. The Kier molecular flexibility index (Phi) is 7.62. The normalized spacial score (nSPS) is 27.0. The van der Waals surface area contributed by atoms with Crippen molar-refractivity contribution in [1.29, 1.82) is 0 Å². The smallest absolute Gasteiger partial charge is 0.340 e. The van der Waals surface area contributed by atoms with Gasteiger partial charge >= 0.3 is 28.0 Å². The van der Waals surface area contributed by atoms with Gasteiger partial charge in [-0.3, -0.25) is 14.1 Å². The second kappa shape index (κ2) is 10.2. The highest BCUT2D eigenvalue weighted by atomic mass is 127. The molecule has 2 aromatic rings. The first-order chi connectivity index (χ1) is 18.1. The number of halogens is 7. The molecule has 0 radical (unpaired) electrons. The molecule has 2 saturated carbocycles. The van der Waals surface area contributed by atoms with Gasteiger partial charge in [0.05, 0.1) is 17.4 Å². The van der Waals surface area contributed by atoms with Crippen molar-refractivity contribution in [3.8, 4) is 5.75 Å². The summed E-state index contributed by atoms with van der Waals surface area (Å²) in [6.07, 6.45) is -1.86. The van der Waals surface area contributed by atoms with Crippen LogP contribution in [0.15, 0.2) is 17.0 Å². The van der Waals surface area contributed by atoms with Crippen molar-refractivity contribution in [2.75, 3.05) is 0 Å². The Balaban J connectivity index is 1.45. The van der Waals surface area contributed by atoms with Crippen molar-refractivity contribution < 1.29 is 59.1 Å². The van der Waals surface area contributed by atoms with Crippen molar-refractivity contribution in [2.24, 2.45) is 23.7 Å². The van der Waals surface area contributed by atoms with Crippen molar-refractivity contribution >= 4 is 95.8 Å². The van der Waals surface area contributed by atoms with Crippen LogP contribution in [0.2, 0.25) is 0 Å². The van der Waals surface area contributed by atoms with E-state index in [1.165, 1.54) is 0 Å². The fraction of sp³-hybridized carbons (Fsp3) is 0.318. The van der Waals surface area contributed by atoms with Crippen molar-refractivity contribution in [2.45, 2.75) is 23.5 Å². The Labute approximate surface area is 257 Å². The highest BCUT2D eigenvalue weighted by Crippen LogP contribution is 2.59. The lowest BCUT2D eigenvalue weighted by molar-refractivity contribution is -0.150. The molecule has 1 N–H and O–H groups in total. The minimum Gasteiger partial charge on any atom is -0.458 e. The Bertz CT molecular complexity index is 1530. The monoisotopic (exact) mass is 908 g/mol. The standard InChI is InChI=1S/C22H11F4I3O9S/c23-12-14(25)19(39(33,34)35)15(26)13(24)18(12)38-21(31)10-6-3-5-9(10)20(30)36-16(5)17(6)37-22(32)11-7(28)1-4(27)2-8(11)29/h1-2,5-6,9-10,16-17H,3H2,(H,33,34,35). The lowest BCUT2D eigenvalue weighted by atomic mass is 9.78. The van der Waals surface area contributed by atoms with Gasteiger partial charge in [-0.1, -0.05) is 0 Å². The molecule has 3 fully saturated rings. The van der Waals surface area contributed by atoms with Crippen LogP contribution in [0.1, 0.15) is 16.8 Å². The van der Waals surface area contributed by atoms with Crippen LogP contribution in [0, 0.1) is 57.7 Å². The maximum absolute atomic E-state index is 14.5. The molecule has 5 rings (SSSR count). The third kappa shape index (κ3) is 4.72. The molecule has 6 unspecified atom stereocenters. The molecule has 0 spiro atoms. The third-order valence-corrected chi connectivity index (χ3v) is 10.1. The van der Waals surface area contributed by atoms with Crippen LogP contribution >= 0.6 is 67.8 Å². The van der Waals surface area contributed by atoms with E-state index in [2.05, 4.69) is 27.3 Å². The van der Waals surface area contributed by atoms with Gasteiger partial charge in [0.1, 0.15) is 12.2 Å². The topological polar surface area (TPSA) is 133 Å². The average molecular weight is 908 g/mol. The molecule has 3 aliphatic rings. The Morgan fingerprint density at radius 3 is 2.08 bits per heavy atom. The molecule has 208 valence electrons. The summed E-state index contributed by atoms with van der Waals surface area (Å²) in [5, 5.41) is 0. The van der Waals surface area contributed by atoms with Crippen molar-refractivity contribution in [3.63, 3.8) is 0 Å². The third-order valence-electron chi connectivity index (χ3n) is 6.92. The van der Waals surface area contributed by atoms with Gasteiger partial charge in [-0.2, -0.15) is 17.2 Å². The Morgan fingerprint density at radius 1 is 0.974 bits per heavy atom. The number of esters is 3. The molecule has 1 saturated heterocycles. The zero-order valence-electron chi connectivity index (χ0n) is 18.6. The lowest BCUT2D eigenvalue weighted by Gasteiger charge is -2.30. The molecular weight excluding hydrogens is 897 g/mol. The van der Waals surface area contributed by atoms with Gasteiger partial charge in [0, 0.05) is 22.5 Å². The van der Waals surface area contributed by atoms with Crippen LogP contribution in [0.5, 0.6) is 5.75 Å². The SMILES string of the molecule is O=C(OC1C2CC3C1OC(=O)C3C2C(=O)Oc1c(F)c(F)c(S(=O)(=O)O)c(F)c1F)c1c(I)cc(I)cc1I. The van der Waals surface area contributed by atoms with Crippen LogP contribution in [-0.4, -0.2) is 43.1 Å². The number of hydrogen-bond donors (Lipinski definition) is 1. The van der Waals surface area contributed by atoms with Crippen LogP contribution in [0.25, 0.3) is 0 Å². The summed E-state index contributed by atoms with van der Waals surface area (Å²) < 4.78 is 106. The second-order valence-corrected chi connectivity index (χ2v) is 13.9. The van der Waals surface area contributed by atoms with E-state index in [0.29, 0.717) is 7.14 Å². The van der Waals surface area contributed by atoms with E-state index < -0.39 is 97.8 Å². The van der Waals surface area contributed by atoms with E-state index in [1.54, 1.807) is 12.1 Å².